The van der Waals surface area contributed by atoms with Gasteiger partial charge in [0.2, 0.25) is 0 Å². The molecule has 10 heteroatoms. The van der Waals surface area contributed by atoms with E-state index in [1.807, 2.05) is 27.7 Å². The lowest BCUT2D eigenvalue weighted by atomic mass is 10.2. The summed E-state index contributed by atoms with van der Waals surface area (Å²) in [6, 6.07) is 9.77. The molecule has 3 aromatic rings. The van der Waals surface area contributed by atoms with Crippen LogP contribution >= 0.6 is 15.9 Å². The van der Waals surface area contributed by atoms with E-state index in [4.69, 9.17) is 23.2 Å². The molecule has 3 heterocycles. The summed E-state index contributed by atoms with van der Waals surface area (Å²) in [6.45, 7) is 10.5. The van der Waals surface area contributed by atoms with Crippen LogP contribution in [-0.2, 0) is 4.79 Å². The number of carboxylic acid groups (broad SMARTS) is 1. The molecular weight excluding hydrogens is 510 g/mol. The van der Waals surface area contributed by atoms with Crippen molar-refractivity contribution < 1.29 is 37.5 Å². The average molecular weight is 540 g/mol. The number of carbonyl (C=O) groups excluding carboxylic acids is 3. The van der Waals surface area contributed by atoms with Gasteiger partial charge in [0.05, 0.1) is 0 Å². The topological polar surface area (TPSA) is 131 Å². The van der Waals surface area contributed by atoms with Crippen LogP contribution < -0.4 is 0 Å². The van der Waals surface area contributed by atoms with E-state index in [1.165, 1.54) is 19.2 Å². The first-order valence-corrected chi connectivity index (χ1v) is 11.2. The number of hydrogen-bond donors (Lipinski definition) is 1. The molecule has 2 amide bonds. The summed E-state index contributed by atoms with van der Waals surface area (Å²) in [4.78, 5) is 44.7. The van der Waals surface area contributed by atoms with E-state index in [0.29, 0.717) is 22.6 Å². The number of hydrogen-bond acceptors (Lipinski definition) is 7. The van der Waals surface area contributed by atoms with Crippen molar-refractivity contribution >= 4 is 39.5 Å². The maximum Gasteiger partial charge on any atom is 0.300 e. The lowest BCUT2D eigenvalue weighted by Crippen LogP contribution is -2.32. The summed E-state index contributed by atoms with van der Waals surface area (Å²) in [6.07, 6.45) is 0.507. The lowest BCUT2D eigenvalue weighted by Gasteiger charge is -2.11. The van der Waals surface area contributed by atoms with E-state index in [-0.39, 0.29) is 17.3 Å². The monoisotopic (exact) mass is 539 g/mol. The number of nitrogens with zero attached hydrogens (tertiary/aromatic N) is 1. The van der Waals surface area contributed by atoms with Gasteiger partial charge in [-0.25, -0.2) is 0 Å². The van der Waals surface area contributed by atoms with Crippen LogP contribution in [0, 0.1) is 13.8 Å². The van der Waals surface area contributed by atoms with Crippen molar-refractivity contribution in [2.45, 2.75) is 48.0 Å². The van der Waals surface area contributed by atoms with Gasteiger partial charge in [-0.3, -0.25) is 24.1 Å². The molecule has 0 aliphatic carbocycles. The molecule has 1 N–H and O–H groups in total. The van der Waals surface area contributed by atoms with Crippen molar-refractivity contribution in [2.75, 3.05) is 7.05 Å². The third kappa shape index (κ3) is 10.5. The highest BCUT2D eigenvalue weighted by Gasteiger charge is 2.24. The van der Waals surface area contributed by atoms with E-state index < -0.39 is 17.8 Å². The van der Waals surface area contributed by atoms with Crippen molar-refractivity contribution in [3.05, 3.63) is 69.9 Å². The van der Waals surface area contributed by atoms with Gasteiger partial charge in [0.15, 0.2) is 27.7 Å². The number of carboxylic acids is 1. The SMILES string of the molecule is CC.CC(=O)O.CCC(=O)c1ccc(C)o1.Cc1ccc(C(=O)N(C)C(=O)c2ccc(Br)o2)o1. The molecule has 0 atom stereocenters. The van der Waals surface area contributed by atoms with E-state index in [1.54, 1.807) is 31.2 Å². The van der Waals surface area contributed by atoms with Gasteiger partial charge in [-0.1, -0.05) is 20.8 Å². The number of amides is 2. The third-order valence-electron chi connectivity index (χ3n) is 3.68. The Kier molecular flexibility index (Phi) is 13.9. The molecule has 0 spiro atoms. The number of aliphatic carboxylic acids is 1. The van der Waals surface area contributed by atoms with E-state index in [9.17, 15) is 14.4 Å². The maximum absolute atomic E-state index is 11.9. The zero-order valence-electron chi connectivity index (χ0n) is 20.3. The first-order chi connectivity index (χ1) is 16.0. The lowest BCUT2D eigenvalue weighted by molar-refractivity contribution is -0.134. The van der Waals surface area contributed by atoms with E-state index in [0.717, 1.165) is 17.6 Å². The predicted octanol–water partition coefficient (Wildman–Crippen LogP) is 6.15. The summed E-state index contributed by atoms with van der Waals surface area (Å²) in [5, 5.41) is 7.42. The van der Waals surface area contributed by atoms with Gasteiger partial charge in [-0.2, -0.15) is 0 Å². The predicted molar refractivity (Wildman–Crippen MR) is 129 cm³/mol. The first-order valence-electron chi connectivity index (χ1n) is 10.4. The van der Waals surface area contributed by atoms with E-state index in [2.05, 4.69) is 15.9 Å². The molecule has 0 aliphatic heterocycles. The zero-order valence-corrected chi connectivity index (χ0v) is 21.9. The van der Waals surface area contributed by atoms with Crippen LogP contribution in [0.5, 0.6) is 0 Å². The molecule has 0 bridgehead atoms. The molecule has 34 heavy (non-hydrogen) atoms. The number of Topliss-reactive ketones (excluding diaryl/α,β-unsaturated/α-hetero) is 1. The molecule has 3 aromatic heterocycles. The Bertz CT molecular complexity index is 1020. The van der Waals surface area contributed by atoms with Crippen molar-refractivity contribution in [3.63, 3.8) is 0 Å². The fourth-order valence-electron chi connectivity index (χ4n) is 2.16. The van der Waals surface area contributed by atoms with Gasteiger partial charge < -0.3 is 18.4 Å². The summed E-state index contributed by atoms with van der Waals surface area (Å²) < 4.78 is 15.8. The molecule has 0 aliphatic rings. The Balaban J connectivity index is 0.000000573. The Hall–Kier alpha value is -3.40. The zero-order chi connectivity index (χ0) is 26.4. The minimum atomic E-state index is -0.833. The molecule has 0 aromatic carbocycles. The molecule has 186 valence electrons. The van der Waals surface area contributed by atoms with Gasteiger partial charge in [0.1, 0.15) is 11.5 Å². The van der Waals surface area contributed by atoms with Gasteiger partial charge in [0, 0.05) is 20.4 Å². The van der Waals surface area contributed by atoms with E-state index >= 15 is 0 Å². The summed E-state index contributed by atoms with van der Waals surface area (Å²) in [5.74, 6) is 0.264. The number of aryl methyl sites for hydroxylation is 2. The fraction of sp³-hybridized carbons (Fsp3) is 0.333. The Labute approximate surface area is 206 Å². The Morgan fingerprint density at radius 3 is 1.53 bits per heavy atom. The molecule has 0 saturated heterocycles. The molecule has 0 fully saturated rings. The maximum atomic E-state index is 11.9. The minimum absolute atomic E-state index is 0.0631. The van der Waals surface area contributed by atoms with Gasteiger partial charge in [-0.05, 0) is 66.2 Å². The molecule has 3 rings (SSSR count). The highest BCUT2D eigenvalue weighted by molar-refractivity contribution is 9.10. The average Bonchev–Trinajstić information content (AvgIpc) is 3.54. The largest absolute Gasteiger partial charge is 0.481 e. The van der Waals surface area contributed by atoms with Crippen LogP contribution in [0.4, 0.5) is 0 Å². The first kappa shape index (κ1) is 30.6. The van der Waals surface area contributed by atoms with Gasteiger partial charge in [-0.15, -0.1) is 0 Å². The Morgan fingerprint density at radius 2 is 1.21 bits per heavy atom. The van der Waals surface area contributed by atoms with Crippen molar-refractivity contribution in [1.82, 2.24) is 4.90 Å². The van der Waals surface area contributed by atoms with Crippen molar-refractivity contribution in [1.29, 1.82) is 0 Å². The number of ketones is 1. The van der Waals surface area contributed by atoms with Crippen LogP contribution in [0.25, 0.3) is 0 Å². The molecular formula is C24H30BrNO8. The second kappa shape index (κ2) is 15.4. The minimum Gasteiger partial charge on any atom is -0.481 e. The van der Waals surface area contributed by atoms with Crippen molar-refractivity contribution in [3.8, 4) is 0 Å². The van der Waals surface area contributed by atoms with Gasteiger partial charge >= 0.3 is 0 Å². The number of halogens is 1. The van der Waals surface area contributed by atoms with Gasteiger partial charge in [0.25, 0.3) is 17.8 Å². The second-order valence-corrected chi connectivity index (χ2v) is 7.17. The molecule has 0 unspecified atom stereocenters. The van der Waals surface area contributed by atoms with Crippen LogP contribution in [0.1, 0.15) is 77.3 Å². The van der Waals surface area contributed by atoms with Crippen LogP contribution in [0.2, 0.25) is 0 Å². The summed E-state index contributed by atoms with van der Waals surface area (Å²) >= 11 is 3.09. The van der Waals surface area contributed by atoms with Crippen LogP contribution in [0.15, 0.2) is 54.3 Å². The standard InChI is InChI=1S/C12H10BrNO4.C8H10O2.C2H4O2.C2H6/c1-7-3-4-8(17-7)11(15)14(2)12(16)9-5-6-10(13)18-9;1-3-7(9)8-5-4-6(2)10-8;1-2(3)4;1-2/h3-6H,1-2H3;4-5H,3H2,1-2H3;1H3,(H,3,4);1-2H3. The smallest absolute Gasteiger partial charge is 0.300 e. The summed E-state index contributed by atoms with van der Waals surface area (Å²) in [5.41, 5.74) is 0. The highest BCUT2D eigenvalue weighted by atomic mass is 79.9. The second-order valence-electron chi connectivity index (χ2n) is 6.39. The number of imide groups is 1. The van der Waals surface area contributed by atoms with Crippen LogP contribution in [-0.4, -0.2) is 40.6 Å². The third-order valence-corrected chi connectivity index (χ3v) is 4.11. The Morgan fingerprint density at radius 1 is 0.824 bits per heavy atom. The fourth-order valence-corrected chi connectivity index (χ4v) is 2.47. The quantitative estimate of drug-likeness (QED) is 0.308. The number of rotatable bonds is 4. The van der Waals surface area contributed by atoms with Crippen LogP contribution in [0.3, 0.4) is 0 Å². The summed E-state index contributed by atoms with van der Waals surface area (Å²) in [7, 11) is 1.37. The molecule has 0 radical (unpaired) electrons. The molecule has 0 saturated carbocycles. The molecule has 9 nitrogen and oxygen atoms in total. The van der Waals surface area contributed by atoms with Crippen molar-refractivity contribution in [2.24, 2.45) is 0 Å². The number of carbonyl (C=O) groups is 4. The normalized spacial score (nSPS) is 9.29. The highest BCUT2D eigenvalue weighted by Crippen LogP contribution is 2.17. The number of furan rings is 3.